The maximum atomic E-state index is 12.2. The minimum atomic E-state index is -0.902. The van der Waals surface area contributed by atoms with Gasteiger partial charge in [-0.3, -0.25) is 9.59 Å². The summed E-state index contributed by atoms with van der Waals surface area (Å²) < 4.78 is 11.1. The van der Waals surface area contributed by atoms with Crippen molar-refractivity contribution in [1.29, 1.82) is 0 Å². The fraction of sp³-hybridized carbons (Fsp3) is 0.467. The Morgan fingerprint density at radius 3 is 2.73 bits per heavy atom. The number of nitrogens with one attached hydrogen (secondary N) is 1. The fourth-order valence-electron chi connectivity index (χ4n) is 2.26. The minimum Gasteiger partial charge on any atom is -0.481 e. The third kappa shape index (κ3) is 3.91. The summed E-state index contributed by atoms with van der Waals surface area (Å²) in [5, 5.41) is 11.8. The molecular formula is C15H18BrNO5. The van der Waals surface area contributed by atoms with Gasteiger partial charge in [0, 0.05) is 12.1 Å². The number of aliphatic carboxylic acids is 1. The highest BCUT2D eigenvalue weighted by molar-refractivity contribution is 9.10. The van der Waals surface area contributed by atoms with Crippen LogP contribution in [0, 0.1) is 11.8 Å². The maximum Gasteiger partial charge on any atom is 0.308 e. The predicted octanol–water partition coefficient (Wildman–Crippen LogP) is 2.65. The van der Waals surface area contributed by atoms with E-state index < -0.39 is 11.9 Å². The molecule has 6 nitrogen and oxygen atoms in total. The Balaban J connectivity index is 2.03. The summed E-state index contributed by atoms with van der Waals surface area (Å²) in [5.74, 6) is -0.523. The average molecular weight is 372 g/mol. The summed E-state index contributed by atoms with van der Waals surface area (Å²) in [7, 11) is 0. The van der Waals surface area contributed by atoms with Gasteiger partial charge >= 0.3 is 5.97 Å². The second-order valence-electron chi connectivity index (χ2n) is 5.57. The number of carbonyl (C=O) groups is 2. The summed E-state index contributed by atoms with van der Waals surface area (Å²) in [6.45, 7) is 4.12. The number of ether oxygens (including phenoxy) is 2. The third-order valence-corrected chi connectivity index (χ3v) is 3.89. The van der Waals surface area contributed by atoms with E-state index >= 15 is 0 Å². The summed E-state index contributed by atoms with van der Waals surface area (Å²) in [4.78, 5) is 23.4. The number of carboxylic acids is 1. The Hall–Kier alpha value is -1.76. The molecule has 0 aliphatic carbocycles. The van der Waals surface area contributed by atoms with Gasteiger partial charge in [-0.1, -0.05) is 13.8 Å². The zero-order valence-electron chi connectivity index (χ0n) is 12.4. The van der Waals surface area contributed by atoms with E-state index in [4.69, 9.17) is 9.47 Å². The van der Waals surface area contributed by atoms with Crippen LogP contribution in [0.4, 0.5) is 0 Å². The Morgan fingerprint density at radius 2 is 2.09 bits per heavy atom. The number of halogens is 1. The SMILES string of the molecule is CC(C)CC(CNC(=O)c1cc(Br)c2c(c1)OCO2)C(=O)O. The normalized spacial score (nSPS) is 14.0. The number of fused-ring (bicyclic) bond motifs is 1. The van der Waals surface area contributed by atoms with Crippen molar-refractivity contribution in [3.05, 3.63) is 22.2 Å². The van der Waals surface area contributed by atoms with Gasteiger partial charge in [0.05, 0.1) is 10.4 Å². The molecule has 0 aromatic heterocycles. The van der Waals surface area contributed by atoms with E-state index in [1.54, 1.807) is 12.1 Å². The number of hydrogen-bond acceptors (Lipinski definition) is 4. The molecule has 1 aliphatic rings. The van der Waals surface area contributed by atoms with Crippen molar-refractivity contribution >= 4 is 27.8 Å². The van der Waals surface area contributed by atoms with Crippen molar-refractivity contribution in [1.82, 2.24) is 5.32 Å². The van der Waals surface area contributed by atoms with E-state index in [-0.39, 0.29) is 25.2 Å². The van der Waals surface area contributed by atoms with Crippen molar-refractivity contribution in [2.24, 2.45) is 11.8 Å². The van der Waals surface area contributed by atoms with Crippen LogP contribution in [-0.2, 0) is 4.79 Å². The first-order valence-electron chi connectivity index (χ1n) is 6.98. The summed E-state index contributed by atoms with van der Waals surface area (Å²) in [5.41, 5.74) is 0.393. The van der Waals surface area contributed by atoms with Crippen LogP contribution in [0.25, 0.3) is 0 Å². The quantitative estimate of drug-likeness (QED) is 0.802. The van der Waals surface area contributed by atoms with Gasteiger partial charge in [0.25, 0.3) is 5.91 Å². The van der Waals surface area contributed by atoms with Crippen LogP contribution in [0.2, 0.25) is 0 Å². The molecule has 0 saturated carbocycles. The highest BCUT2D eigenvalue weighted by atomic mass is 79.9. The van der Waals surface area contributed by atoms with Crippen molar-refractivity contribution in [2.75, 3.05) is 13.3 Å². The first-order valence-corrected chi connectivity index (χ1v) is 7.78. The molecule has 1 amide bonds. The molecule has 1 heterocycles. The lowest BCUT2D eigenvalue weighted by atomic mass is 9.97. The van der Waals surface area contributed by atoms with Gasteiger partial charge in [0.15, 0.2) is 11.5 Å². The van der Waals surface area contributed by atoms with Crippen molar-refractivity contribution in [3.8, 4) is 11.5 Å². The predicted molar refractivity (Wildman–Crippen MR) is 83.2 cm³/mol. The molecular weight excluding hydrogens is 354 g/mol. The number of amides is 1. The Bertz CT molecular complexity index is 588. The molecule has 1 atom stereocenters. The number of hydrogen-bond donors (Lipinski definition) is 2. The van der Waals surface area contributed by atoms with Gasteiger partial charge < -0.3 is 19.9 Å². The van der Waals surface area contributed by atoms with Crippen LogP contribution in [0.3, 0.4) is 0 Å². The van der Waals surface area contributed by atoms with Gasteiger partial charge in [-0.15, -0.1) is 0 Å². The molecule has 120 valence electrons. The molecule has 0 saturated heterocycles. The second-order valence-corrected chi connectivity index (χ2v) is 6.42. The summed E-state index contributed by atoms with van der Waals surface area (Å²) in [6, 6.07) is 3.21. The van der Waals surface area contributed by atoms with E-state index in [1.165, 1.54) is 0 Å². The maximum absolute atomic E-state index is 12.2. The van der Waals surface area contributed by atoms with Crippen LogP contribution in [0.5, 0.6) is 11.5 Å². The molecule has 7 heteroatoms. The number of carbonyl (C=O) groups excluding carboxylic acids is 1. The van der Waals surface area contributed by atoms with E-state index in [2.05, 4.69) is 21.2 Å². The molecule has 0 bridgehead atoms. The standard InChI is InChI=1S/C15H18BrNO5/c1-8(2)3-10(15(19)20)6-17-14(18)9-4-11(16)13-12(5-9)21-7-22-13/h4-5,8,10H,3,6-7H2,1-2H3,(H,17,18)(H,19,20). The van der Waals surface area contributed by atoms with Crippen LogP contribution in [0.1, 0.15) is 30.6 Å². The van der Waals surface area contributed by atoms with Crippen molar-refractivity contribution in [3.63, 3.8) is 0 Å². The molecule has 2 N–H and O–H groups in total. The molecule has 1 aromatic carbocycles. The Kier molecular flexibility index (Phi) is 5.28. The van der Waals surface area contributed by atoms with E-state index in [9.17, 15) is 14.7 Å². The zero-order chi connectivity index (χ0) is 16.3. The van der Waals surface area contributed by atoms with Crippen LogP contribution in [0.15, 0.2) is 16.6 Å². The first kappa shape index (κ1) is 16.6. The largest absolute Gasteiger partial charge is 0.481 e. The molecule has 1 unspecified atom stereocenters. The molecule has 2 rings (SSSR count). The molecule has 0 fully saturated rings. The van der Waals surface area contributed by atoms with Gasteiger partial charge in [0.2, 0.25) is 6.79 Å². The smallest absolute Gasteiger partial charge is 0.308 e. The number of carboxylic acid groups (broad SMARTS) is 1. The van der Waals surface area contributed by atoms with Gasteiger partial charge in [-0.2, -0.15) is 0 Å². The van der Waals surface area contributed by atoms with Crippen LogP contribution < -0.4 is 14.8 Å². The molecule has 22 heavy (non-hydrogen) atoms. The van der Waals surface area contributed by atoms with Crippen molar-refractivity contribution in [2.45, 2.75) is 20.3 Å². The van der Waals surface area contributed by atoms with Crippen LogP contribution >= 0.6 is 15.9 Å². The van der Waals surface area contributed by atoms with E-state index in [1.807, 2.05) is 13.8 Å². The topological polar surface area (TPSA) is 84.9 Å². The lowest BCUT2D eigenvalue weighted by Crippen LogP contribution is -2.33. The summed E-state index contributed by atoms with van der Waals surface area (Å²) in [6.07, 6.45) is 0.514. The van der Waals surface area contributed by atoms with Crippen molar-refractivity contribution < 1.29 is 24.2 Å². The highest BCUT2D eigenvalue weighted by Gasteiger charge is 2.23. The summed E-state index contributed by atoms with van der Waals surface area (Å²) >= 11 is 3.32. The first-order chi connectivity index (χ1) is 10.4. The Morgan fingerprint density at radius 1 is 1.36 bits per heavy atom. The Labute approximate surface area is 136 Å². The molecule has 0 radical (unpaired) electrons. The van der Waals surface area contributed by atoms with Crippen LogP contribution in [-0.4, -0.2) is 30.3 Å². The zero-order valence-corrected chi connectivity index (χ0v) is 14.0. The lowest BCUT2D eigenvalue weighted by Gasteiger charge is -2.15. The van der Waals surface area contributed by atoms with Gasteiger partial charge in [-0.05, 0) is 40.4 Å². The highest BCUT2D eigenvalue weighted by Crippen LogP contribution is 2.39. The van der Waals surface area contributed by atoms with Gasteiger partial charge in [-0.25, -0.2) is 0 Å². The second kappa shape index (κ2) is 7.00. The van der Waals surface area contributed by atoms with E-state index in [0.717, 1.165) is 0 Å². The monoisotopic (exact) mass is 371 g/mol. The average Bonchev–Trinajstić information content (AvgIpc) is 2.91. The third-order valence-electron chi connectivity index (χ3n) is 3.30. The van der Waals surface area contributed by atoms with Gasteiger partial charge in [0.1, 0.15) is 0 Å². The lowest BCUT2D eigenvalue weighted by molar-refractivity contribution is -0.142. The molecule has 0 spiro atoms. The number of benzene rings is 1. The van der Waals surface area contributed by atoms with E-state index in [0.29, 0.717) is 28.0 Å². The number of rotatable bonds is 6. The fourth-order valence-corrected chi connectivity index (χ4v) is 2.81. The molecule has 1 aliphatic heterocycles. The minimum absolute atomic E-state index is 0.0956. The molecule has 1 aromatic rings.